The number of furan rings is 1. The summed E-state index contributed by atoms with van der Waals surface area (Å²) in [5.41, 5.74) is 4.55. The standard InChI is InChI=1S/C31H35N3O8/c1-33(2)25-20-12-15-11-19-18(16-10-17(42-14-16)13-34-8-4-3-5-9-34)6-7-21(35)23(19)26(36)22(15)28(38)31(20,41)29(39)24(27(25)37)30(32)40/h6-7,10,14-15,20,24-25,35-36,41H,3-5,8-9,11-13H2,1-2H3,(H2,32,40)/t15-,20-,24?,25-,31-/m0/s1. The molecule has 1 aromatic heterocycles. The molecular weight excluding hydrogens is 542 g/mol. The van der Waals surface area contributed by atoms with E-state index in [1.165, 1.54) is 17.4 Å². The van der Waals surface area contributed by atoms with E-state index in [0.717, 1.165) is 37.3 Å². The number of Topliss-reactive ketones (excluding diaryl/α,β-unsaturated/α-hetero) is 3. The number of carbonyl (C=O) groups is 4. The number of aromatic hydroxyl groups is 1. The maximum Gasteiger partial charge on any atom is 0.235 e. The number of hydrogen-bond donors (Lipinski definition) is 4. The van der Waals surface area contributed by atoms with Crippen molar-refractivity contribution < 1.29 is 38.9 Å². The number of carbonyl (C=O) groups excluding carboxylic acids is 4. The maximum atomic E-state index is 14.0. The van der Waals surface area contributed by atoms with Crippen molar-refractivity contribution in [1.29, 1.82) is 0 Å². The molecule has 42 heavy (non-hydrogen) atoms. The molecule has 3 aliphatic carbocycles. The van der Waals surface area contributed by atoms with Gasteiger partial charge in [0.25, 0.3) is 0 Å². The Labute approximate surface area is 242 Å². The highest BCUT2D eigenvalue weighted by molar-refractivity contribution is 6.32. The second-order valence-electron chi connectivity index (χ2n) is 12.2. The van der Waals surface area contributed by atoms with E-state index in [1.807, 2.05) is 6.07 Å². The molecule has 0 bridgehead atoms. The van der Waals surface area contributed by atoms with Crippen LogP contribution in [0.4, 0.5) is 0 Å². The monoisotopic (exact) mass is 577 g/mol. The zero-order valence-electron chi connectivity index (χ0n) is 23.6. The number of hydrogen-bond acceptors (Lipinski definition) is 10. The van der Waals surface area contributed by atoms with Gasteiger partial charge in [0.2, 0.25) is 11.7 Å². The van der Waals surface area contributed by atoms with E-state index < -0.39 is 58.4 Å². The number of fused-ring (bicyclic) bond motifs is 3. The van der Waals surface area contributed by atoms with Gasteiger partial charge in [0.05, 0.1) is 24.4 Å². The summed E-state index contributed by atoms with van der Waals surface area (Å²) < 4.78 is 5.89. The number of ketones is 3. The Kier molecular flexibility index (Phi) is 6.87. The second kappa shape index (κ2) is 10.2. The Hall–Kier alpha value is -3.80. The quantitative estimate of drug-likeness (QED) is 0.382. The zero-order chi connectivity index (χ0) is 30.1. The van der Waals surface area contributed by atoms with Gasteiger partial charge >= 0.3 is 0 Å². The first kappa shape index (κ1) is 28.3. The molecule has 11 heteroatoms. The van der Waals surface area contributed by atoms with Gasteiger partial charge in [-0.3, -0.25) is 29.0 Å². The lowest BCUT2D eigenvalue weighted by Gasteiger charge is -2.51. The number of phenolic OH excluding ortho intramolecular Hbond substituents is 1. The van der Waals surface area contributed by atoms with E-state index in [1.54, 1.807) is 26.4 Å². The van der Waals surface area contributed by atoms with Crippen LogP contribution in [-0.4, -0.2) is 87.2 Å². The minimum atomic E-state index is -2.74. The summed E-state index contributed by atoms with van der Waals surface area (Å²) in [7, 11) is 3.13. The van der Waals surface area contributed by atoms with E-state index in [0.29, 0.717) is 17.7 Å². The van der Waals surface area contributed by atoms with Crippen LogP contribution in [0.2, 0.25) is 0 Å². The van der Waals surface area contributed by atoms with Crippen LogP contribution in [0, 0.1) is 17.8 Å². The van der Waals surface area contributed by atoms with Gasteiger partial charge in [-0.1, -0.05) is 12.5 Å². The third-order valence-corrected chi connectivity index (χ3v) is 9.54. The molecule has 5 N–H and O–H groups in total. The van der Waals surface area contributed by atoms with Crippen molar-refractivity contribution in [3.05, 3.63) is 46.9 Å². The summed E-state index contributed by atoms with van der Waals surface area (Å²) in [4.78, 5) is 56.6. The van der Waals surface area contributed by atoms with Crippen LogP contribution in [0.5, 0.6) is 5.75 Å². The number of likely N-dealkylation sites (tertiary alicyclic amines) is 1. The van der Waals surface area contributed by atoms with Gasteiger partial charge in [0.15, 0.2) is 23.1 Å². The van der Waals surface area contributed by atoms with Crippen LogP contribution < -0.4 is 5.73 Å². The smallest absolute Gasteiger partial charge is 0.235 e. The van der Waals surface area contributed by atoms with Crippen molar-refractivity contribution in [2.75, 3.05) is 27.2 Å². The molecule has 4 aliphatic rings. The number of nitrogens with two attached hydrogens (primary N) is 1. The molecule has 2 heterocycles. The number of primary amides is 1. The van der Waals surface area contributed by atoms with Gasteiger partial charge in [-0.2, -0.15) is 0 Å². The van der Waals surface area contributed by atoms with E-state index in [-0.39, 0.29) is 29.7 Å². The first-order valence-electron chi connectivity index (χ1n) is 14.3. The first-order valence-corrected chi connectivity index (χ1v) is 14.3. The highest BCUT2D eigenvalue weighted by Gasteiger charge is 2.67. The van der Waals surface area contributed by atoms with Crippen molar-refractivity contribution in [3.63, 3.8) is 0 Å². The third kappa shape index (κ3) is 4.13. The normalized spacial score (nSPS) is 29.9. The summed E-state index contributed by atoms with van der Waals surface area (Å²) in [6.07, 6.45) is 5.37. The number of amides is 1. The fraction of sp³-hybridized carbons (Fsp3) is 0.484. The molecule has 6 rings (SSSR count). The second-order valence-corrected chi connectivity index (χ2v) is 12.2. The van der Waals surface area contributed by atoms with Crippen LogP contribution in [0.3, 0.4) is 0 Å². The van der Waals surface area contributed by atoms with Gasteiger partial charge in [-0.25, -0.2) is 0 Å². The molecule has 1 aliphatic heterocycles. The first-order chi connectivity index (χ1) is 19.9. The Bertz CT molecular complexity index is 1530. The Balaban J connectivity index is 1.42. The van der Waals surface area contributed by atoms with Crippen LogP contribution in [0.25, 0.3) is 16.9 Å². The molecule has 2 aromatic rings. The van der Waals surface area contributed by atoms with Crippen molar-refractivity contribution >= 4 is 29.0 Å². The number of aliphatic hydroxyl groups is 2. The number of piperidine rings is 1. The van der Waals surface area contributed by atoms with Crippen molar-refractivity contribution in [3.8, 4) is 16.9 Å². The number of phenols is 1. The average molecular weight is 578 g/mol. The van der Waals surface area contributed by atoms with E-state index in [2.05, 4.69) is 4.90 Å². The number of nitrogens with zero attached hydrogens (tertiary/aromatic N) is 2. The summed E-state index contributed by atoms with van der Waals surface area (Å²) in [5, 5.41) is 34.0. The molecule has 0 spiro atoms. The number of likely N-dealkylation sites (N-methyl/N-ethyl adjacent to an activating group) is 1. The summed E-state index contributed by atoms with van der Waals surface area (Å²) in [6, 6.07) is 3.96. The van der Waals surface area contributed by atoms with Gasteiger partial charge in [0, 0.05) is 17.1 Å². The molecule has 0 radical (unpaired) electrons. The van der Waals surface area contributed by atoms with Crippen molar-refractivity contribution in [2.45, 2.75) is 50.3 Å². The maximum absolute atomic E-state index is 14.0. The Morgan fingerprint density at radius 2 is 1.86 bits per heavy atom. The molecule has 1 amide bonds. The van der Waals surface area contributed by atoms with Crippen molar-refractivity contribution in [1.82, 2.24) is 9.80 Å². The lowest BCUT2D eigenvalue weighted by molar-refractivity contribution is -0.175. The number of rotatable bonds is 5. The average Bonchev–Trinajstić information content (AvgIpc) is 3.39. The molecule has 1 unspecified atom stereocenters. The highest BCUT2D eigenvalue weighted by atomic mass is 16.3. The van der Waals surface area contributed by atoms with E-state index in [4.69, 9.17) is 10.2 Å². The summed E-state index contributed by atoms with van der Waals surface area (Å²) in [5.74, 6) is -8.15. The largest absolute Gasteiger partial charge is 0.507 e. The Morgan fingerprint density at radius 1 is 1.14 bits per heavy atom. The van der Waals surface area contributed by atoms with Gasteiger partial charge in [0.1, 0.15) is 17.3 Å². The summed E-state index contributed by atoms with van der Waals surface area (Å²) >= 11 is 0. The van der Waals surface area contributed by atoms with Crippen LogP contribution in [-0.2, 0) is 32.1 Å². The molecule has 5 atom stereocenters. The van der Waals surface area contributed by atoms with Crippen LogP contribution in [0.1, 0.15) is 42.6 Å². The predicted molar refractivity (Wildman–Crippen MR) is 150 cm³/mol. The lowest BCUT2D eigenvalue weighted by Crippen LogP contribution is -2.72. The third-order valence-electron chi connectivity index (χ3n) is 9.54. The predicted octanol–water partition coefficient (Wildman–Crippen LogP) is 1.58. The molecule has 1 aromatic carbocycles. The topological polar surface area (TPSA) is 175 Å². The van der Waals surface area contributed by atoms with E-state index >= 15 is 0 Å². The highest BCUT2D eigenvalue weighted by Crippen LogP contribution is 2.52. The molecule has 222 valence electrons. The number of aliphatic hydroxyl groups excluding tert-OH is 1. The van der Waals surface area contributed by atoms with Gasteiger partial charge < -0.3 is 25.5 Å². The fourth-order valence-electron chi connectivity index (χ4n) is 7.60. The Morgan fingerprint density at radius 3 is 2.52 bits per heavy atom. The molecule has 3 fully saturated rings. The minimum Gasteiger partial charge on any atom is -0.507 e. The molecule has 2 saturated carbocycles. The van der Waals surface area contributed by atoms with Crippen LogP contribution in [0.15, 0.2) is 34.5 Å². The zero-order valence-corrected chi connectivity index (χ0v) is 23.6. The minimum absolute atomic E-state index is 0.00751. The molecular formula is C31H35N3O8. The molecule has 1 saturated heterocycles. The van der Waals surface area contributed by atoms with E-state index in [9.17, 15) is 34.5 Å². The fourth-order valence-corrected chi connectivity index (χ4v) is 7.60. The molecule has 11 nitrogen and oxygen atoms in total. The van der Waals surface area contributed by atoms with Crippen LogP contribution >= 0.6 is 0 Å². The van der Waals surface area contributed by atoms with Crippen molar-refractivity contribution in [2.24, 2.45) is 23.5 Å². The summed E-state index contributed by atoms with van der Waals surface area (Å²) in [6.45, 7) is 2.69. The van der Waals surface area contributed by atoms with Gasteiger partial charge in [-0.15, -0.1) is 0 Å². The number of benzene rings is 1. The lowest BCUT2D eigenvalue weighted by atomic mass is 9.54. The van der Waals surface area contributed by atoms with Gasteiger partial charge in [-0.05, 0) is 82.0 Å². The SMILES string of the molecule is CN(C)[C@@H]1C(=O)C(C(N)=O)C(=O)[C@@]2(O)C(=O)C3=C(O)c4c(O)ccc(-c5coc(CN6CCCCC6)c5)c4C[C@H]3C[C@@H]12.